The van der Waals surface area contributed by atoms with Crippen LogP contribution in [0.5, 0.6) is 0 Å². The lowest BCUT2D eigenvalue weighted by Crippen LogP contribution is -2.41. The number of halogens is 1. The van der Waals surface area contributed by atoms with E-state index in [0.29, 0.717) is 24.6 Å². The van der Waals surface area contributed by atoms with Gasteiger partial charge in [-0.05, 0) is 42.2 Å². The number of rotatable bonds is 6. The summed E-state index contributed by atoms with van der Waals surface area (Å²) in [5.74, 6) is 0.233. The zero-order valence-corrected chi connectivity index (χ0v) is 16.9. The Morgan fingerprint density at radius 3 is 2.75 bits per heavy atom. The number of benzene rings is 2. The first kappa shape index (κ1) is 20.1. The summed E-state index contributed by atoms with van der Waals surface area (Å²) in [5.41, 5.74) is 3.34. The van der Waals surface area contributed by atoms with Gasteiger partial charge in [0.15, 0.2) is 5.96 Å². The molecular formula is C20H25FN4O2S. The Morgan fingerprint density at radius 2 is 2.00 bits per heavy atom. The van der Waals surface area contributed by atoms with E-state index in [2.05, 4.69) is 15.6 Å². The number of nitrogens with zero attached hydrogens (tertiary/aromatic N) is 2. The van der Waals surface area contributed by atoms with Gasteiger partial charge >= 0.3 is 0 Å². The van der Waals surface area contributed by atoms with E-state index in [4.69, 9.17) is 0 Å². The number of aliphatic imine (C=N–C) groups is 1. The van der Waals surface area contributed by atoms with Crippen molar-refractivity contribution in [3.8, 4) is 0 Å². The summed E-state index contributed by atoms with van der Waals surface area (Å²) in [5, 5.41) is 6.14. The summed E-state index contributed by atoms with van der Waals surface area (Å²) in [6.45, 7) is 2.90. The van der Waals surface area contributed by atoms with Crippen LogP contribution in [0, 0.1) is 12.7 Å². The number of hydrogen-bond acceptors (Lipinski definition) is 3. The molecule has 0 unspecified atom stereocenters. The van der Waals surface area contributed by atoms with Gasteiger partial charge in [-0.15, -0.1) is 0 Å². The van der Waals surface area contributed by atoms with Gasteiger partial charge in [-0.2, -0.15) is 0 Å². The Bertz CT molecular complexity index is 976. The molecule has 8 heteroatoms. The van der Waals surface area contributed by atoms with E-state index in [0.717, 1.165) is 23.2 Å². The SMILES string of the molecule is CN=C(NCCS(=O)(=O)N1CCc2ccccc21)NCc1ccc(F)c(C)c1. The Balaban J connectivity index is 1.52. The van der Waals surface area contributed by atoms with Crippen LogP contribution >= 0.6 is 0 Å². The van der Waals surface area contributed by atoms with Crippen LogP contribution in [0.4, 0.5) is 10.1 Å². The van der Waals surface area contributed by atoms with E-state index in [9.17, 15) is 12.8 Å². The molecule has 1 heterocycles. The van der Waals surface area contributed by atoms with Crippen molar-refractivity contribution in [2.75, 3.05) is 30.2 Å². The second kappa shape index (κ2) is 8.60. The second-order valence-electron chi connectivity index (χ2n) is 6.70. The van der Waals surface area contributed by atoms with E-state index in [-0.39, 0.29) is 18.1 Å². The molecule has 1 aliphatic heterocycles. The first-order valence-electron chi connectivity index (χ1n) is 9.18. The Hall–Kier alpha value is -2.61. The molecular weight excluding hydrogens is 379 g/mol. The van der Waals surface area contributed by atoms with Crippen LogP contribution in [0.15, 0.2) is 47.5 Å². The number of hydrogen-bond donors (Lipinski definition) is 2. The predicted octanol–water partition coefficient (Wildman–Crippen LogP) is 2.19. The Labute approximate surface area is 165 Å². The molecule has 0 spiro atoms. The summed E-state index contributed by atoms with van der Waals surface area (Å²) in [4.78, 5) is 4.11. The third-order valence-corrected chi connectivity index (χ3v) is 6.51. The monoisotopic (exact) mass is 404 g/mol. The average molecular weight is 405 g/mol. The number of fused-ring (bicyclic) bond motifs is 1. The van der Waals surface area contributed by atoms with Gasteiger partial charge in [-0.3, -0.25) is 9.30 Å². The van der Waals surface area contributed by atoms with Crippen LogP contribution in [0.3, 0.4) is 0 Å². The third-order valence-electron chi connectivity index (χ3n) is 4.74. The maximum Gasteiger partial charge on any atom is 0.236 e. The van der Waals surface area contributed by atoms with Gasteiger partial charge in [-0.1, -0.05) is 30.3 Å². The smallest absolute Gasteiger partial charge is 0.236 e. The maximum absolute atomic E-state index is 13.3. The average Bonchev–Trinajstić information content (AvgIpc) is 3.12. The second-order valence-corrected chi connectivity index (χ2v) is 8.72. The molecule has 0 amide bonds. The summed E-state index contributed by atoms with van der Waals surface area (Å²) in [7, 11) is -1.79. The lowest BCUT2D eigenvalue weighted by molar-refractivity contribution is 0.591. The van der Waals surface area contributed by atoms with Gasteiger partial charge in [0.1, 0.15) is 5.82 Å². The lowest BCUT2D eigenvalue weighted by atomic mass is 10.1. The zero-order valence-electron chi connectivity index (χ0n) is 16.1. The van der Waals surface area contributed by atoms with Gasteiger partial charge in [0.2, 0.25) is 10.0 Å². The van der Waals surface area contributed by atoms with E-state index in [1.54, 1.807) is 26.1 Å². The quantitative estimate of drug-likeness (QED) is 0.572. The number of para-hydroxylation sites is 1. The summed E-state index contributed by atoms with van der Waals surface area (Å²) < 4.78 is 40.2. The van der Waals surface area contributed by atoms with Gasteiger partial charge in [0.05, 0.1) is 11.4 Å². The molecule has 0 bridgehead atoms. The van der Waals surface area contributed by atoms with E-state index in [1.165, 1.54) is 10.4 Å². The van der Waals surface area contributed by atoms with Crippen molar-refractivity contribution in [2.24, 2.45) is 4.99 Å². The minimum absolute atomic E-state index is 0.0301. The van der Waals surface area contributed by atoms with Gasteiger partial charge < -0.3 is 10.6 Å². The van der Waals surface area contributed by atoms with E-state index < -0.39 is 10.0 Å². The van der Waals surface area contributed by atoms with Crippen molar-refractivity contribution >= 4 is 21.7 Å². The van der Waals surface area contributed by atoms with Crippen LogP contribution in [0.25, 0.3) is 0 Å². The molecule has 150 valence electrons. The zero-order chi connectivity index (χ0) is 20.1. The number of anilines is 1. The maximum atomic E-state index is 13.3. The molecule has 28 heavy (non-hydrogen) atoms. The molecule has 3 rings (SSSR count). The molecule has 0 aromatic heterocycles. The van der Waals surface area contributed by atoms with Crippen molar-refractivity contribution in [1.29, 1.82) is 0 Å². The molecule has 0 radical (unpaired) electrons. The van der Waals surface area contributed by atoms with Crippen LogP contribution in [-0.4, -0.2) is 40.3 Å². The largest absolute Gasteiger partial charge is 0.355 e. The minimum atomic E-state index is -3.41. The third kappa shape index (κ3) is 4.62. The first-order chi connectivity index (χ1) is 13.4. The minimum Gasteiger partial charge on any atom is -0.355 e. The molecule has 0 atom stereocenters. The highest BCUT2D eigenvalue weighted by molar-refractivity contribution is 7.92. The highest BCUT2D eigenvalue weighted by Gasteiger charge is 2.28. The lowest BCUT2D eigenvalue weighted by Gasteiger charge is -2.20. The molecule has 0 fully saturated rings. The summed E-state index contributed by atoms with van der Waals surface area (Å²) in [6.07, 6.45) is 0.739. The van der Waals surface area contributed by atoms with Crippen molar-refractivity contribution in [2.45, 2.75) is 19.9 Å². The molecule has 2 aromatic rings. The van der Waals surface area contributed by atoms with Crippen LogP contribution in [0.2, 0.25) is 0 Å². The Kier molecular flexibility index (Phi) is 6.18. The molecule has 0 saturated heterocycles. The fraction of sp³-hybridized carbons (Fsp3) is 0.350. The van der Waals surface area contributed by atoms with Gasteiger partial charge in [-0.25, -0.2) is 12.8 Å². The van der Waals surface area contributed by atoms with Gasteiger partial charge in [0, 0.05) is 26.7 Å². The van der Waals surface area contributed by atoms with E-state index >= 15 is 0 Å². The number of guanidine groups is 1. The van der Waals surface area contributed by atoms with Crippen molar-refractivity contribution in [3.05, 3.63) is 65.0 Å². The fourth-order valence-electron chi connectivity index (χ4n) is 3.23. The van der Waals surface area contributed by atoms with Crippen molar-refractivity contribution in [1.82, 2.24) is 10.6 Å². The number of sulfonamides is 1. The molecule has 6 nitrogen and oxygen atoms in total. The topological polar surface area (TPSA) is 73.8 Å². The fourth-order valence-corrected chi connectivity index (χ4v) is 4.66. The molecule has 1 aliphatic rings. The standard InChI is InChI=1S/C20H25FN4O2S/c1-15-13-16(7-8-18(15)21)14-24-20(22-2)23-10-12-28(26,27)25-11-9-17-5-3-4-6-19(17)25/h3-8,13H,9-12,14H2,1-2H3,(H2,22,23,24). The molecule has 2 N–H and O–H groups in total. The molecule has 0 aliphatic carbocycles. The van der Waals surface area contributed by atoms with Crippen molar-refractivity contribution in [3.63, 3.8) is 0 Å². The number of nitrogens with one attached hydrogen (secondary N) is 2. The predicted molar refractivity (Wildman–Crippen MR) is 111 cm³/mol. The van der Waals surface area contributed by atoms with E-state index in [1.807, 2.05) is 24.3 Å². The van der Waals surface area contributed by atoms with Crippen molar-refractivity contribution < 1.29 is 12.8 Å². The first-order valence-corrected chi connectivity index (χ1v) is 10.8. The highest BCUT2D eigenvalue weighted by atomic mass is 32.2. The summed E-state index contributed by atoms with van der Waals surface area (Å²) in [6, 6.07) is 12.5. The Morgan fingerprint density at radius 1 is 1.21 bits per heavy atom. The van der Waals surface area contributed by atoms with Crippen LogP contribution in [-0.2, 0) is 23.0 Å². The van der Waals surface area contributed by atoms with Crippen LogP contribution < -0.4 is 14.9 Å². The molecule has 2 aromatic carbocycles. The highest BCUT2D eigenvalue weighted by Crippen LogP contribution is 2.29. The summed E-state index contributed by atoms with van der Waals surface area (Å²) >= 11 is 0. The van der Waals surface area contributed by atoms with Crippen LogP contribution in [0.1, 0.15) is 16.7 Å². The normalized spacial score (nSPS) is 14.1. The molecule has 0 saturated carbocycles. The van der Waals surface area contributed by atoms with Gasteiger partial charge in [0.25, 0.3) is 0 Å². The number of aryl methyl sites for hydroxylation is 1.